The predicted octanol–water partition coefficient (Wildman–Crippen LogP) is 4.46. The quantitative estimate of drug-likeness (QED) is 0.440. The monoisotopic (exact) mass is 374 g/mol. The summed E-state index contributed by atoms with van der Waals surface area (Å²) in [6.45, 7) is 3.80. The topological polar surface area (TPSA) is 35.4 Å². The van der Waals surface area contributed by atoms with Crippen LogP contribution in [0.2, 0.25) is 0 Å². The zero-order valence-corrected chi connectivity index (χ0v) is 16.2. The van der Waals surface area contributed by atoms with Crippen molar-refractivity contribution >= 4 is 21.8 Å². The Balaban J connectivity index is 1.66. The molecule has 0 atom stereocenters. The molecule has 0 aliphatic rings. The number of nitrogens with one attached hydrogen (secondary N) is 1. The van der Waals surface area contributed by atoms with Crippen LogP contribution in [0.15, 0.2) is 72.8 Å². The highest BCUT2D eigenvalue weighted by Crippen LogP contribution is 2.36. The van der Waals surface area contributed by atoms with E-state index in [0.717, 1.165) is 25.4 Å². The number of rotatable bonds is 9. The van der Waals surface area contributed by atoms with Crippen molar-refractivity contribution in [2.45, 2.75) is 6.54 Å². The maximum Gasteiger partial charge on any atom is 0.129 e. The highest BCUT2D eigenvalue weighted by atomic mass is 16.5. The Labute approximate surface area is 165 Å². The Morgan fingerprint density at radius 1 is 0.786 bits per heavy atom. The van der Waals surface area contributed by atoms with Gasteiger partial charge in [-0.1, -0.05) is 54.6 Å². The molecular formula is C24H26N2O2. The summed E-state index contributed by atoms with van der Waals surface area (Å²) in [5.74, 6) is 0.939. The van der Waals surface area contributed by atoms with Crippen molar-refractivity contribution < 1.29 is 9.47 Å². The van der Waals surface area contributed by atoms with E-state index in [2.05, 4.69) is 82.7 Å². The third kappa shape index (κ3) is 3.88. The highest BCUT2D eigenvalue weighted by molar-refractivity contribution is 6.11. The van der Waals surface area contributed by atoms with E-state index in [9.17, 15) is 0 Å². The summed E-state index contributed by atoms with van der Waals surface area (Å²) >= 11 is 0. The van der Waals surface area contributed by atoms with Gasteiger partial charge in [-0.3, -0.25) is 0 Å². The molecular weight excluding hydrogens is 348 g/mol. The smallest absolute Gasteiger partial charge is 0.129 e. The van der Waals surface area contributed by atoms with Crippen molar-refractivity contribution in [1.29, 1.82) is 0 Å². The summed E-state index contributed by atoms with van der Waals surface area (Å²) in [5, 5.41) is 5.74. The third-order valence-electron chi connectivity index (χ3n) is 4.96. The molecule has 144 valence electrons. The van der Waals surface area contributed by atoms with Gasteiger partial charge < -0.3 is 19.4 Å². The molecule has 1 heterocycles. The lowest BCUT2D eigenvalue weighted by atomic mass is 10.1. The molecule has 0 bridgehead atoms. The number of hydrogen-bond donors (Lipinski definition) is 1. The first kappa shape index (κ1) is 18.5. The van der Waals surface area contributed by atoms with Crippen molar-refractivity contribution in [2.75, 3.05) is 33.4 Å². The van der Waals surface area contributed by atoms with Crippen molar-refractivity contribution in [3.63, 3.8) is 0 Å². The summed E-state index contributed by atoms with van der Waals surface area (Å²) in [6.07, 6.45) is 0. The van der Waals surface area contributed by atoms with Gasteiger partial charge in [0, 0.05) is 43.0 Å². The van der Waals surface area contributed by atoms with Crippen LogP contribution < -0.4 is 10.1 Å². The molecule has 1 aromatic heterocycles. The van der Waals surface area contributed by atoms with Gasteiger partial charge >= 0.3 is 0 Å². The lowest BCUT2D eigenvalue weighted by Crippen LogP contribution is -2.24. The van der Waals surface area contributed by atoms with E-state index in [-0.39, 0.29) is 0 Å². The van der Waals surface area contributed by atoms with Crippen molar-refractivity contribution in [3.05, 3.63) is 78.4 Å². The van der Waals surface area contributed by atoms with E-state index in [1.54, 1.807) is 7.11 Å². The predicted molar refractivity (Wildman–Crippen MR) is 115 cm³/mol. The molecule has 4 heteroatoms. The fourth-order valence-corrected chi connectivity index (χ4v) is 3.65. The van der Waals surface area contributed by atoms with Crippen LogP contribution in [0.1, 0.15) is 5.56 Å². The van der Waals surface area contributed by atoms with Gasteiger partial charge in [-0.15, -0.1) is 0 Å². The summed E-state index contributed by atoms with van der Waals surface area (Å²) < 4.78 is 13.6. The fourth-order valence-electron chi connectivity index (χ4n) is 3.65. The zero-order chi connectivity index (χ0) is 19.2. The van der Waals surface area contributed by atoms with Gasteiger partial charge in [0.25, 0.3) is 0 Å². The third-order valence-corrected chi connectivity index (χ3v) is 4.96. The average Bonchev–Trinajstić information content (AvgIpc) is 3.06. The number of nitrogens with zero attached hydrogens (tertiary/aromatic N) is 1. The average molecular weight is 374 g/mol. The Hall–Kier alpha value is -2.82. The van der Waals surface area contributed by atoms with Gasteiger partial charge in [0.2, 0.25) is 0 Å². The van der Waals surface area contributed by atoms with E-state index in [4.69, 9.17) is 9.47 Å². The number of benzene rings is 3. The second-order valence-electron chi connectivity index (χ2n) is 6.83. The molecule has 4 nitrogen and oxygen atoms in total. The van der Waals surface area contributed by atoms with Crippen LogP contribution in [0.3, 0.4) is 0 Å². The van der Waals surface area contributed by atoms with Crippen LogP contribution >= 0.6 is 0 Å². The SMILES string of the molecule is COCCNCCOc1cccc2c1c1ccccc1n2Cc1ccccc1. The number of hydrogen-bond acceptors (Lipinski definition) is 3. The maximum atomic E-state index is 6.15. The lowest BCUT2D eigenvalue weighted by Gasteiger charge is -2.10. The normalized spacial score (nSPS) is 11.3. The number of para-hydroxylation sites is 1. The first-order valence-corrected chi connectivity index (χ1v) is 9.75. The van der Waals surface area contributed by atoms with Crippen LogP contribution in [0.25, 0.3) is 21.8 Å². The minimum Gasteiger partial charge on any atom is -0.492 e. The van der Waals surface area contributed by atoms with E-state index in [1.807, 2.05) is 0 Å². The number of ether oxygens (including phenoxy) is 2. The molecule has 0 saturated heterocycles. The maximum absolute atomic E-state index is 6.15. The van der Waals surface area contributed by atoms with Crippen LogP contribution in [-0.2, 0) is 11.3 Å². The van der Waals surface area contributed by atoms with Gasteiger partial charge in [0.05, 0.1) is 12.1 Å². The number of aromatic nitrogens is 1. The second kappa shape index (κ2) is 8.91. The van der Waals surface area contributed by atoms with Gasteiger partial charge in [0.15, 0.2) is 0 Å². The first-order valence-electron chi connectivity index (χ1n) is 9.75. The summed E-state index contributed by atoms with van der Waals surface area (Å²) in [6, 6.07) is 25.5. The standard InChI is InChI=1S/C24H26N2O2/c1-27-16-14-25-15-17-28-23-13-7-12-22-24(23)20-10-5-6-11-21(20)26(22)18-19-8-3-2-4-9-19/h2-13,25H,14-18H2,1H3. The molecule has 0 fully saturated rings. The molecule has 3 aromatic carbocycles. The van der Waals surface area contributed by atoms with E-state index >= 15 is 0 Å². The minimum atomic E-state index is 0.626. The number of fused-ring (bicyclic) bond motifs is 3. The molecule has 4 aromatic rings. The number of methoxy groups -OCH3 is 1. The fraction of sp³-hybridized carbons (Fsp3) is 0.250. The first-order chi connectivity index (χ1) is 13.9. The van der Waals surface area contributed by atoms with Crippen molar-refractivity contribution in [1.82, 2.24) is 9.88 Å². The van der Waals surface area contributed by atoms with E-state index in [0.29, 0.717) is 13.2 Å². The molecule has 1 N–H and O–H groups in total. The van der Waals surface area contributed by atoms with Crippen LogP contribution in [0.5, 0.6) is 5.75 Å². The molecule has 0 radical (unpaired) electrons. The van der Waals surface area contributed by atoms with Crippen molar-refractivity contribution in [2.24, 2.45) is 0 Å². The molecule has 4 rings (SSSR count). The van der Waals surface area contributed by atoms with Gasteiger partial charge in [0.1, 0.15) is 12.4 Å². The van der Waals surface area contributed by atoms with E-state index in [1.165, 1.54) is 27.4 Å². The molecule has 0 spiro atoms. The Morgan fingerprint density at radius 3 is 2.39 bits per heavy atom. The second-order valence-corrected chi connectivity index (χ2v) is 6.83. The molecule has 0 saturated carbocycles. The van der Waals surface area contributed by atoms with Gasteiger partial charge in [-0.05, 0) is 23.8 Å². The molecule has 28 heavy (non-hydrogen) atoms. The largest absolute Gasteiger partial charge is 0.492 e. The van der Waals surface area contributed by atoms with Crippen LogP contribution in [0.4, 0.5) is 0 Å². The minimum absolute atomic E-state index is 0.626. The summed E-state index contributed by atoms with van der Waals surface area (Å²) in [4.78, 5) is 0. The van der Waals surface area contributed by atoms with Crippen LogP contribution in [0, 0.1) is 0 Å². The zero-order valence-electron chi connectivity index (χ0n) is 16.2. The molecule has 0 unspecified atom stereocenters. The molecule has 0 aliphatic carbocycles. The van der Waals surface area contributed by atoms with Crippen LogP contribution in [-0.4, -0.2) is 38.0 Å². The molecule has 0 aliphatic heterocycles. The Kier molecular flexibility index (Phi) is 5.90. The van der Waals surface area contributed by atoms with Gasteiger partial charge in [-0.2, -0.15) is 0 Å². The highest BCUT2D eigenvalue weighted by Gasteiger charge is 2.14. The molecule has 0 amide bonds. The lowest BCUT2D eigenvalue weighted by molar-refractivity contribution is 0.197. The Bertz CT molecular complexity index is 1040. The van der Waals surface area contributed by atoms with Crippen molar-refractivity contribution in [3.8, 4) is 5.75 Å². The van der Waals surface area contributed by atoms with E-state index < -0.39 is 0 Å². The summed E-state index contributed by atoms with van der Waals surface area (Å²) in [5.41, 5.74) is 3.73. The van der Waals surface area contributed by atoms with Gasteiger partial charge in [-0.25, -0.2) is 0 Å². The summed E-state index contributed by atoms with van der Waals surface area (Å²) in [7, 11) is 1.71. The Morgan fingerprint density at radius 2 is 1.54 bits per heavy atom.